The van der Waals surface area contributed by atoms with E-state index in [0.29, 0.717) is 11.5 Å². The summed E-state index contributed by atoms with van der Waals surface area (Å²) in [6, 6.07) is 8.58. The zero-order chi connectivity index (χ0) is 21.2. The molecule has 0 unspecified atom stereocenters. The van der Waals surface area contributed by atoms with Gasteiger partial charge in [0.2, 0.25) is 11.3 Å². The molecule has 4 aromatic rings. The molecule has 0 aliphatic heterocycles. The fourth-order valence-corrected chi connectivity index (χ4v) is 2.95. The Labute approximate surface area is 176 Å². The first kappa shape index (κ1) is 18.6. The Morgan fingerprint density at radius 2 is 1.94 bits per heavy atom. The first-order chi connectivity index (χ1) is 15.2. The highest BCUT2D eigenvalue weighted by atomic mass is 16.2. The molecule has 0 aromatic carbocycles. The van der Waals surface area contributed by atoms with Crippen LogP contribution in [0.1, 0.15) is 34.7 Å². The molecule has 0 atom stereocenters. The fourth-order valence-electron chi connectivity index (χ4n) is 2.95. The highest BCUT2D eigenvalue weighted by Gasteiger charge is 2.27. The average Bonchev–Trinajstić information content (AvgIpc) is 3.63. The predicted molar refractivity (Wildman–Crippen MR) is 111 cm³/mol. The van der Waals surface area contributed by atoms with Crippen molar-refractivity contribution >= 4 is 16.9 Å². The maximum absolute atomic E-state index is 12.8. The molecule has 9 nitrogen and oxygen atoms in total. The van der Waals surface area contributed by atoms with E-state index in [1.165, 1.54) is 10.9 Å². The lowest BCUT2D eigenvalue weighted by Crippen LogP contribution is -2.33. The van der Waals surface area contributed by atoms with Crippen molar-refractivity contribution in [1.29, 1.82) is 0 Å². The molecule has 4 heterocycles. The van der Waals surface area contributed by atoms with Crippen LogP contribution >= 0.6 is 0 Å². The third kappa shape index (κ3) is 3.86. The van der Waals surface area contributed by atoms with Gasteiger partial charge < -0.3 is 5.32 Å². The van der Waals surface area contributed by atoms with E-state index in [0.717, 1.165) is 18.4 Å². The Balaban J connectivity index is 1.61. The molecule has 9 heteroatoms. The van der Waals surface area contributed by atoms with Crippen LogP contribution in [0.2, 0.25) is 0 Å². The van der Waals surface area contributed by atoms with Crippen LogP contribution in [0, 0.1) is 11.8 Å². The van der Waals surface area contributed by atoms with Crippen LogP contribution < -0.4 is 10.7 Å². The topological polar surface area (TPSA) is 116 Å². The second-order valence-electron chi connectivity index (χ2n) is 6.94. The molecule has 1 saturated carbocycles. The van der Waals surface area contributed by atoms with Gasteiger partial charge in [-0.3, -0.25) is 14.6 Å². The number of nitrogens with one attached hydrogen (secondary N) is 1. The van der Waals surface area contributed by atoms with Gasteiger partial charge >= 0.3 is 0 Å². The number of hydrogen-bond acceptors (Lipinski definition) is 7. The second-order valence-corrected chi connectivity index (χ2v) is 6.94. The van der Waals surface area contributed by atoms with Crippen LogP contribution in [-0.4, -0.2) is 41.7 Å². The molecular formula is C22H15N7O2. The van der Waals surface area contributed by atoms with Gasteiger partial charge in [0.1, 0.15) is 0 Å². The van der Waals surface area contributed by atoms with Gasteiger partial charge in [0.05, 0.1) is 5.39 Å². The molecule has 0 saturated heterocycles. The van der Waals surface area contributed by atoms with Crippen molar-refractivity contribution < 1.29 is 4.79 Å². The molecule has 1 amide bonds. The first-order valence-corrected chi connectivity index (χ1v) is 9.63. The summed E-state index contributed by atoms with van der Waals surface area (Å²) in [5.41, 5.74) is 0.349. The molecule has 0 spiro atoms. The largest absolute Gasteiger partial charge is 0.348 e. The van der Waals surface area contributed by atoms with E-state index >= 15 is 0 Å². The zero-order valence-corrected chi connectivity index (χ0v) is 16.2. The van der Waals surface area contributed by atoms with Gasteiger partial charge in [0, 0.05) is 42.5 Å². The van der Waals surface area contributed by atoms with E-state index in [-0.39, 0.29) is 22.9 Å². The van der Waals surface area contributed by atoms with Crippen molar-refractivity contribution in [2.75, 3.05) is 0 Å². The summed E-state index contributed by atoms with van der Waals surface area (Å²) in [6.45, 7) is 0. The molecule has 4 aromatic heterocycles. The minimum Gasteiger partial charge on any atom is -0.348 e. The van der Waals surface area contributed by atoms with E-state index in [2.05, 4.69) is 42.2 Å². The molecule has 1 aliphatic rings. The summed E-state index contributed by atoms with van der Waals surface area (Å²) in [5, 5.41) is 7.38. The number of nitrogens with zero attached hydrogens (tertiary/aromatic N) is 6. The lowest BCUT2D eigenvalue weighted by Gasteiger charge is -2.10. The number of hydrogen-bond donors (Lipinski definition) is 1. The molecule has 1 aliphatic carbocycles. The Hall–Kier alpha value is -4.45. The Kier molecular flexibility index (Phi) is 4.65. The monoisotopic (exact) mass is 409 g/mol. The number of amides is 1. The number of aromatic nitrogens is 6. The number of carbonyl (C=O) groups is 1. The van der Waals surface area contributed by atoms with E-state index < -0.39 is 11.3 Å². The lowest BCUT2D eigenvalue weighted by atomic mass is 10.2. The normalized spacial score (nSPS) is 12.8. The van der Waals surface area contributed by atoms with E-state index in [4.69, 9.17) is 0 Å². The lowest BCUT2D eigenvalue weighted by molar-refractivity contribution is 0.0943. The maximum atomic E-state index is 12.8. The van der Waals surface area contributed by atoms with Gasteiger partial charge in [-0.1, -0.05) is 5.92 Å². The minimum atomic E-state index is -0.502. The number of rotatable bonds is 3. The van der Waals surface area contributed by atoms with Crippen molar-refractivity contribution in [3.63, 3.8) is 0 Å². The molecule has 0 radical (unpaired) electrons. The predicted octanol–water partition coefficient (Wildman–Crippen LogP) is 1.26. The van der Waals surface area contributed by atoms with Crippen LogP contribution in [0.3, 0.4) is 0 Å². The smallest absolute Gasteiger partial charge is 0.276 e. The molecule has 1 fully saturated rings. The quantitative estimate of drug-likeness (QED) is 0.507. The van der Waals surface area contributed by atoms with Crippen LogP contribution in [0.15, 0.2) is 59.9 Å². The summed E-state index contributed by atoms with van der Waals surface area (Å²) in [5.74, 6) is 5.93. The number of carbonyl (C=O) groups excluding carboxylic acids is 1. The average molecular weight is 409 g/mol. The van der Waals surface area contributed by atoms with Gasteiger partial charge in [-0.05, 0) is 43.0 Å². The Bertz CT molecular complexity index is 1420. The Morgan fingerprint density at radius 1 is 1.06 bits per heavy atom. The van der Waals surface area contributed by atoms with E-state index in [9.17, 15) is 9.59 Å². The minimum absolute atomic E-state index is 0.0974. The van der Waals surface area contributed by atoms with Crippen molar-refractivity contribution in [3.8, 4) is 17.7 Å². The van der Waals surface area contributed by atoms with Crippen molar-refractivity contribution in [2.24, 2.45) is 0 Å². The summed E-state index contributed by atoms with van der Waals surface area (Å²) in [4.78, 5) is 42.4. The van der Waals surface area contributed by atoms with Gasteiger partial charge in [-0.2, -0.15) is 9.78 Å². The molecule has 0 bridgehead atoms. The summed E-state index contributed by atoms with van der Waals surface area (Å²) in [7, 11) is 0. The van der Waals surface area contributed by atoms with Gasteiger partial charge in [-0.25, -0.2) is 15.0 Å². The standard InChI is InChI=1S/C22H15N7O2/c30-20-16-4-2-11-25-21(16)29(28-19(20)22(31)26-15-6-7-15)18-9-12-24-17(27-18)8-5-14-3-1-10-23-13-14/h1-4,9-13,15H,6-7H2,(H,26,31). The highest BCUT2D eigenvalue weighted by molar-refractivity contribution is 5.95. The molecule has 5 rings (SSSR count). The van der Waals surface area contributed by atoms with Crippen LogP contribution in [0.5, 0.6) is 0 Å². The molecular weight excluding hydrogens is 394 g/mol. The molecule has 150 valence electrons. The van der Waals surface area contributed by atoms with Gasteiger partial charge in [0.25, 0.3) is 5.91 Å². The highest BCUT2D eigenvalue weighted by Crippen LogP contribution is 2.19. The van der Waals surface area contributed by atoms with Crippen LogP contribution in [-0.2, 0) is 0 Å². The second kappa shape index (κ2) is 7.76. The first-order valence-electron chi connectivity index (χ1n) is 9.63. The van der Waals surface area contributed by atoms with Crippen LogP contribution in [0.25, 0.3) is 16.9 Å². The van der Waals surface area contributed by atoms with E-state index in [1.54, 1.807) is 42.9 Å². The number of pyridine rings is 2. The zero-order valence-electron chi connectivity index (χ0n) is 16.2. The van der Waals surface area contributed by atoms with Crippen LogP contribution in [0.4, 0.5) is 0 Å². The van der Waals surface area contributed by atoms with Gasteiger partial charge in [-0.15, -0.1) is 0 Å². The number of fused-ring (bicyclic) bond motifs is 1. The van der Waals surface area contributed by atoms with Crippen molar-refractivity contribution in [1.82, 2.24) is 35.0 Å². The third-order valence-corrected chi connectivity index (χ3v) is 4.61. The maximum Gasteiger partial charge on any atom is 0.276 e. The third-order valence-electron chi connectivity index (χ3n) is 4.61. The van der Waals surface area contributed by atoms with Gasteiger partial charge in [0.15, 0.2) is 17.2 Å². The SMILES string of the molecule is O=C(NC1CC1)c1nn(-c2ccnc(C#Cc3cccnc3)n2)c2ncccc2c1=O. The summed E-state index contributed by atoms with van der Waals surface area (Å²) >= 11 is 0. The summed E-state index contributed by atoms with van der Waals surface area (Å²) < 4.78 is 1.37. The molecule has 31 heavy (non-hydrogen) atoms. The molecule has 1 N–H and O–H groups in total. The fraction of sp³-hybridized carbons (Fsp3) is 0.136. The summed E-state index contributed by atoms with van der Waals surface area (Å²) in [6.07, 6.45) is 8.20. The van der Waals surface area contributed by atoms with Crippen molar-refractivity contribution in [2.45, 2.75) is 18.9 Å². The van der Waals surface area contributed by atoms with Crippen molar-refractivity contribution in [3.05, 3.63) is 82.4 Å². The Morgan fingerprint density at radius 3 is 2.74 bits per heavy atom. The van der Waals surface area contributed by atoms with E-state index in [1.807, 2.05) is 6.07 Å².